The Morgan fingerprint density at radius 1 is 1.07 bits per heavy atom. The van der Waals surface area contributed by atoms with Crippen LogP contribution >= 0.6 is 0 Å². The van der Waals surface area contributed by atoms with Gasteiger partial charge >= 0.3 is 0 Å². The zero-order valence-corrected chi connectivity index (χ0v) is 17.8. The summed E-state index contributed by atoms with van der Waals surface area (Å²) in [5.41, 5.74) is 4.23. The molecular formula is C22H26N6O2. The van der Waals surface area contributed by atoms with Gasteiger partial charge in [0.05, 0.1) is 18.6 Å². The van der Waals surface area contributed by atoms with E-state index in [0.29, 0.717) is 17.2 Å². The molecule has 0 spiro atoms. The minimum atomic E-state index is -0.361. The first-order valence-electron chi connectivity index (χ1n) is 10.00. The van der Waals surface area contributed by atoms with Crippen LogP contribution in [0.1, 0.15) is 21.9 Å². The van der Waals surface area contributed by atoms with E-state index >= 15 is 0 Å². The van der Waals surface area contributed by atoms with E-state index in [-0.39, 0.29) is 11.7 Å². The fraction of sp³-hybridized carbons (Fsp3) is 0.364. The van der Waals surface area contributed by atoms with Crippen molar-refractivity contribution in [2.45, 2.75) is 13.8 Å². The first-order chi connectivity index (χ1) is 14.4. The molecule has 4 rings (SSSR count). The lowest BCUT2D eigenvalue weighted by atomic mass is 10.1. The van der Waals surface area contributed by atoms with Crippen molar-refractivity contribution >= 4 is 34.1 Å². The molecule has 0 aliphatic carbocycles. The first-order valence-corrected chi connectivity index (χ1v) is 10.00. The van der Waals surface area contributed by atoms with E-state index in [1.165, 1.54) is 0 Å². The van der Waals surface area contributed by atoms with Crippen LogP contribution in [0.15, 0.2) is 30.3 Å². The van der Waals surface area contributed by atoms with Crippen LogP contribution in [0, 0.1) is 13.8 Å². The average molecular weight is 406 g/mol. The lowest BCUT2D eigenvalue weighted by molar-refractivity contribution is 0.101. The maximum Gasteiger partial charge on any atom is 0.293 e. The van der Waals surface area contributed by atoms with Crippen molar-refractivity contribution < 1.29 is 9.53 Å². The second-order valence-corrected chi connectivity index (χ2v) is 7.64. The van der Waals surface area contributed by atoms with E-state index in [1.54, 1.807) is 0 Å². The van der Waals surface area contributed by atoms with Gasteiger partial charge in [-0.3, -0.25) is 4.79 Å². The van der Waals surface area contributed by atoms with Crippen molar-refractivity contribution in [3.63, 3.8) is 0 Å². The van der Waals surface area contributed by atoms with Crippen molar-refractivity contribution in [1.82, 2.24) is 15.0 Å². The molecule has 8 heteroatoms. The van der Waals surface area contributed by atoms with Gasteiger partial charge in [-0.2, -0.15) is 0 Å². The summed E-state index contributed by atoms with van der Waals surface area (Å²) in [6.45, 7) is 7.13. The molecule has 1 aliphatic heterocycles. The van der Waals surface area contributed by atoms with Crippen LogP contribution in [-0.4, -0.2) is 61.3 Å². The molecule has 2 aromatic heterocycles. The highest BCUT2D eigenvalue weighted by Crippen LogP contribution is 2.26. The number of aromatic nitrogens is 3. The molecule has 1 N–H and O–H groups in total. The fourth-order valence-corrected chi connectivity index (χ4v) is 3.65. The molecule has 0 unspecified atom stereocenters. The van der Waals surface area contributed by atoms with E-state index < -0.39 is 0 Å². The smallest absolute Gasteiger partial charge is 0.293 e. The molecule has 1 amide bonds. The van der Waals surface area contributed by atoms with E-state index in [0.717, 1.165) is 48.6 Å². The van der Waals surface area contributed by atoms with E-state index in [4.69, 9.17) is 4.74 Å². The minimum absolute atomic E-state index is 0.0981. The number of morpholine rings is 1. The highest BCUT2D eigenvalue weighted by molar-refractivity contribution is 6.04. The lowest BCUT2D eigenvalue weighted by Crippen LogP contribution is -2.36. The van der Waals surface area contributed by atoms with Gasteiger partial charge in [-0.1, -0.05) is 0 Å². The maximum absolute atomic E-state index is 12.9. The number of hydrogen-bond acceptors (Lipinski definition) is 7. The Morgan fingerprint density at radius 3 is 2.43 bits per heavy atom. The van der Waals surface area contributed by atoms with Gasteiger partial charge in [0.25, 0.3) is 5.91 Å². The third-order valence-corrected chi connectivity index (χ3v) is 5.10. The van der Waals surface area contributed by atoms with Crippen LogP contribution in [0.4, 0.5) is 17.2 Å². The molecule has 0 radical (unpaired) electrons. The molecule has 1 aliphatic rings. The number of ether oxygens (including phenoxy) is 1. The topological polar surface area (TPSA) is 83.5 Å². The van der Waals surface area contributed by atoms with Gasteiger partial charge in [0.1, 0.15) is 5.82 Å². The number of nitrogens with zero attached hydrogens (tertiary/aromatic N) is 5. The number of carbonyl (C=O) groups excluding carboxylic acids is 1. The van der Waals surface area contributed by atoms with Crippen LogP contribution < -0.4 is 15.1 Å². The third kappa shape index (κ3) is 4.04. The number of benzene rings is 1. The summed E-state index contributed by atoms with van der Waals surface area (Å²) in [5.74, 6) is 0.416. The van der Waals surface area contributed by atoms with Crippen LogP contribution in [0.5, 0.6) is 0 Å². The average Bonchev–Trinajstić information content (AvgIpc) is 2.73. The SMILES string of the molecule is Cc1cc(C)c2c(N(C)C)nc(C(=O)Nc3ccc(N4CCOCC4)cc3)nc2n1. The standard InChI is InChI=1S/C22H26N6O2/c1-14-13-15(2)23-19-18(14)21(27(3)4)26-20(25-19)22(29)24-16-5-7-17(8-6-16)28-9-11-30-12-10-28/h5-8,13H,9-12H2,1-4H3,(H,24,29). The predicted molar refractivity (Wildman–Crippen MR) is 119 cm³/mol. The van der Waals surface area contributed by atoms with Crippen LogP contribution in [0.2, 0.25) is 0 Å². The number of amides is 1. The summed E-state index contributed by atoms with van der Waals surface area (Å²) in [5, 5.41) is 3.75. The summed E-state index contributed by atoms with van der Waals surface area (Å²) < 4.78 is 5.40. The lowest BCUT2D eigenvalue weighted by Gasteiger charge is -2.28. The van der Waals surface area contributed by atoms with E-state index in [9.17, 15) is 4.79 Å². The third-order valence-electron chi connectivity index (χ3n) is 5.10. The molecule has 30 heavy (non-hydrogen) atoms. The number of anilines is 3. The molecule has 0 saturated carbocycles. The van der Waals surface area contributed by atoms with Crippen molar-refractivity contribution in [3.05, 3.63) is 47.4 Å². The number of fused-ring (bicyclic) bond motifs is 1. The Hall–Kier alpha value is -3.26. The molecule has 0 atom stereocenters. The largest absolute Gasteiger partial charge is 0.378 e. The van der Waals surface area contributed by atoms with Gasteiger partial charge in [-0.25, -0.2) is 15.0 Å². The summed E-state index contributed by atoms with van der Waals surface area (Å²) in [7, 11) is 3.79. The molecule has 3 aromatic rings. The Labute approximate surface area is 175 Å². The number of nitrogens with one attached hydrogen (secondary N) is 1. The Bertz CT molecular complexity index is 1080. The zero-order chi connectivity index (χ0) is 21.3. The molecule has 0 bridgehead atoms. The Balaban J connectivity index is 1.60. The van der Waals surface area contributed by atoms with E-state index in [2.05, 4.69) is 25.2 Å². The fourth-order valence-electron chi connectivity index (χ4n) is 3.65. The highest BCUT2D eigenvalue weighted by Gasteiger charge is 2.18. The van der Waals surface area contributed by atoms with Gasteiger partial charge in [0.15, 0.2) is 5.65 Å². The molecular weight excluding hydrogens is 380 g/mol. The van der Waals surface area contributed by atoms with Crippen molar-refractivity contribution in [2.75, 3.05) is 55.5 Å². The summed E-state index contributed by atoms with van der Waals surface area (Å²) >= 11 is 0. The quantitative estimate of drug-likeness (QED) is 0.713. The molecule has 1 aromatic carbocycles. The summed E-state index contributed by atoms with van der Waals surface area (Å²) in [6.07, 6.45) is 0. The Morgan fingerprint density at radius 2 is 1.77 bits per heavy atom. The van der Waals surface area contributed by atoms with Crippen LogP contribution in [-0.2, 0) is 4.74 Å². The first kappa shape index (κ1) is 20.0. The molecule has 1 saturated heterocycles. The molecule has 8 nitrogen and oxygen atoms in total. The molecule has 3 heterocycles. The number of hydrogen-bond donors (Lipinski definition) is 1. The minimum Gasteiger partial charge on any atom is -0.378 e. The highest BCUT2D eigenvalue weighted by atomic mass is 16.5. The second kappa shape index (κ2) is 8.23. The van der Waals surface area contributed by atoms with Gasteiger partial charge in [0.2, 0.25) is 5.82 Å². The Kier molecular flexibility index (Phi) is 5.50. The number of rotatable bonds is 4. The number of pyridine rings is 1. The van der Waals surface area contributed by atoms with Gasteiger partial charge < -0.3 is 19.9 Å². The van der Waals surface area contributed by atoms with Crippen LogP contribution in [0.25, 0.3) is 11.0 Å². The number of carbonyl (C=O) groups is 1. The van der Waals surface area contributed by atoms with Crippen LogP contribution in [0.3, 0.4) is 0 Å². The predicted octanol–water partition coefficient (Wildman–Crippen LogP) is 2.80. The van der Waals surface area contributed by atoms with E-state index in [1.807, 2.05) is 63.2 Å². The summed E-state index contributed by atoms with van der Waals surface area (Å²) in [6, 6.07) is 9.78. The summed E-state index contributed by atoms with van der Waals surface area (Å²) in [4.78, 5) is 30.5. The second-order valence-electron chi connectivity index (χ2n) is 7.64. The zero-order valence-electron chi connectivity index (χ0n) is 17.8. The van der Waals surface area contributed by atoms with Crippen molar-refractivity contribution in [3.8, 4) is 0 Å². The maximum atomic E-state index is 12.9. The molecule has 1 fully saturated rings. The van der Waals surface area contributed by atoms with Crippen molar-refractivity contribution in [1.29, 1.82) is 0 Å². The monoisotopic (exact) mass is 406 g/mol. The van der Waals surface area contributed by atoms with Crippen molar-refractivity contribution in [2.24, 2.45) is 0 Å². The van der Waals surface area contributed by atoms with Gasteiger partial charge in [-0.15, -0.1) is 0 Å². The normalized spacial score (nSPS) is 14.1. The number of aryl methyl sites for hydroxylation is 2. The molecule has 156 valence electrons. The van der Waals surface area contributed by atoms with Gasteiger partial charge in [-0.05, 0) is 49.7 Å². The van der Waals surface area contributed by atoms with Gasteiger partial charge in [0, 0.05) is 44.3 Å².